The minimum absolute atomic E-state index is 0.206. The molecule has 0 bridgehead atoms. The lowest BCUT2D eigenvalue weighted by atomic mass is 9.96. The standard InChI is InChI=1S/C27H25N3O4S/c1-15(2)34-26(32)23-16(3)29-27-30(24(23)17-9-11-19(33-4)12-10-17)25(31)22(35-27)13-18-14-28-21-8-6-5-7-20(18)21/h5-15,24,28H,1-4H3/b22-13+/t24-/m0/s1. The van der Waals surface area contributed by atoms with Crippen LogP contribution in [0.1, 0.15) is 37.9 Å². The molecule has 7 nitrogen and oxygen atoms in total. The Morgan fingerprint density at radius 2 is 1.91 bits per heavy atom. The van der Waals surface area contributed by atoms with Crippen molar-refractivity contribution in [3.05, 3.63) is 96.8 Å². The van der Waals surface area contributed by atoms with Crippen molar-refractivity contribution in [2.24, 2.45) is 4.99 Å². The van der Waals surface area contributed by atoms with Gasteiger partial charge in [-0.2, -0.15) is 0 Å². The number of nitrogens with one attached hydrogen (secondary N) is 1. The number of benzene rings is 2. The van der Waals surface area contributed by atoms with Crippen LogP contribution in [0.5, 0.6) is 5.75 Å². The lowest BCUT2D eigenvalue weighted by Gasteiger charge is -2.25. The molecule has 0 unspecified atom stereocenters. The number of rotatable bonds is 5. The fourth-order valence-electron chi connectivity index (χ4n) is 4.32. The van der Waals surface area contributed by atoms with Crippen LogP contribution in [0.15, 0.2) is 75.8 Å². The Labute approximate surface area is 205 Å². The van der Waals surface area contributed by atoms with Crippen molar-refractivity contribution in [2.75, 3.05) is 7.11 Å². The number of carbonyl (C=O) groups excluding carboxylic acids is 1. The van der Waals surface area contributed by atoms with Crippen LogP contribution in [0, 0.1) is 0 Å². The molecule has 0 fully saturated rings. The number of ether oxygens (including phenoxy) is 2. The highest BCUT2D eigenvalue weighted by Gasteiger charge is 2.33. The Kier molecular flexibility index (Phi) is 5.90. The summed E-state index contributed by atoms with van der Waals surface area (Å²) in [7, 11) is 1.60. The zero-order valence-electron chi connectivity index (χ0n) is 19.9. The monoisotopic (exact) mass is 487 g/mol. The molecule has 5 rings (SSSR count). The number of aromatic nitrogens is 2. The topological polar surface area (TPSA) is 85.7 Å². The van der Waals surface area contributed by atoms with Crippen LogP contribution in [0.4, 0.5) is 0 Å². The summed E-state index contributed by atoms with van der Waals surface area (Å²) in [5.74, 6) is 0.209. The molecule has 178 valence electrons. The molecule has 1 N–H and O–H groups in total. The van der Waals surface area contributed by atoms with Crippen molar-refractivity contribution < 1.29 is 14.3 Å². The second kappa shape index (κ2) is 9.03. The summed E-state index contributed by atoms with van der Waals surface area (Å²) in [5.41, 5.74) is 3.38. The van der Waals surface area contributed by atoms with E-state index in [0.717, 1.165) is 22.0 Å². The van der Waals surface area contributed by atoms with Gasteiger partial charge < -0.3 is 14.5 Å². The highest BCUT2D eigenvalue weighted by atomic mass is 32.1. The Morgan fingerprint density at radius 3 is 2.63 bits per heavy atom. The molecule has 2 aromatic heterocycles. The van der Waals surface area contributed by atoms with E-state index in [2.05, 4.69) is 9.98 Å². The first kappa shape index (κ1) is 22.9. The van der Waals surface area contributed by atoms with Crippen LogP contribution >= 0.6 is 11.3 Å². The van der Waals surface area contributed by atoms with E-state index in [-0.39, 0.29) is 11.7 Å². The number of H-pyrrole nitrogens is 1. The quantitative estimate of drug-likeness (QED) is 0.435. The average Bonchev–Trinajstić information content (AvgIpc) is 3.38. The predicted octanol–water partition coefficient (Wildman–Crippen LogP) is 3.68. The lowest BCUT2D eigenvalue weighted by Crippen LogP contribution is -2.40. The second-order valence-electron chi connectivity index (χ2n) is 8.60. The number of allylic oxidation sites excluding steroid dienone is 1. The molecule has 35 heavy (non-hydrogen) atoms. The molecule has 0 spiro atoms. The van der Waals surface area contributed by atoms with Crippen LogP contribution < -0.4 is 19.6 Å². The van der Waals surface area contributed by atoms with Gasteiger partial charge in [0.05, 0.1) is 35.1 Å². The van der Waals surface area contributed by atoms with Crippen molar-refractivity contribution in [2.45, 2.75) is 32.9 Å². The molecule has 8 heteroatoms. The Morgan fingerprint density at radius 1 is 1.17 bits per heavy atom. The van der Waals surface area contributed by atoms with Gasteiger partial charge in [0.2, 0.25) is 0 Å². The number of hydrogen-bond acceptors (Lipinski definition) is 6. The zero-order chi connectivity index (χ0) is 24.7. The van der Waals surface area contributed by atoms with Gasteiger partial charge in [-0.05, 0) is 50.6 Å². The van der Waals surface area contributed by atoms with Crippen LogP contribution in [-0.2, 0) is 9.53 Å². The van der Waals surface area contributed by atoms with Gasteiger partial charge in [0.15, 0.2) is 4.80 Å². The van der Waals surface area contributed by atoms with Gasteiger partial charge in [-0.15, -0.1) is 0 Å². The van der Waals surface area contributed by atoms with E-state index in [1.807, 2.05) is 60.8 Å². The SMILES string of the molecule is COc1ccc([C@H]2C(C(=O)OC(C)C)=C(C)N=c3s/c(=C/c4c[nH]c5ccccc45)c(=O)n32)cc1. The minimum Gasteiger partial charge on any atom is -0.497 e. The number of carbonyl (C=O) groups is 1. The van der Waals surface area contributed by atoms with Gasteiger partial charge in [0.25, 0.3) is 5.56 Å². The maximum atomic E-state index is 13.8. The van der Waals surface area contributed by atoms with Gasteiger partial charge in [-0.3, -0.25) is 9.36 Å². The van der Waals surface area contributed by atoms with Crippen LogP contribution in [-0.4, -0.2) is 28.7 Å². The molecular weight excluding hydrogens is 462 g/mol. The summed E-state index contributed by atoms with van der Waals surface area (Å²) < 4.78 is 13.0. The summed E-state index contributed by atoms with van der Waals surface area (Å²) in [5, 5.41) is 1.03. The van der Waals surface area contributed by atoms with E-state index in [9.17, 15) is 9.59 Å². The van der Waals surface area contributed by atoms with Gasteiger partial charge in [-0.25, -0.2) is 9.79 Å². The summed E-state index contributed by atoms with van der Waals surface area (Å²) >= 11 is 1.31. The van der Waals surface area contributed by atoms with Crippen molar-refractivity contribution in [3.8, 4) is 5.75 Å². The maximum absolute atomic E-state index is 13.8. The van der Waals surface area contributed by atoms with Gasteiger partial charge in [0.1, 0.15) is 5.75 Å². The first-order chi connectivity index (χ1) is 16.9. The first-order valence-electron chi connectivity index (χ1n) is 11.3. The van der Waals surface area contributed by atoms with E-state index in [4.69, 9.17) is 9.47 Å². The third-order valence-electron chi connectivity index (χ3n) is 5.92. The number of aromatic amines is 1. The normalized spacial score (nSPS) is 15.9. The Bertz CT molecular complexity index is 1640. The van der Waals surface area contributed by atoms with Crippen molar-refractivity contribution in [3.63, 3.8) is 0 Å². The number of fused-ring (bicyclic) bond motifs is 2. The number of hydrogen-bond donors (Lipinski definition) is 1. The molecule has 0 saturated carbocycles. The molecule has 0 radical (unpaired) electrons. The van der Waals surface area contributed by atoms with E-state index in [1.165, 1.54) is 11.3 Å². The molecular formula is C27H25N3O4S. The minimum atomic E-state index is -0.659. The van der Waals surface area contributed by atoms with Crippen molar-refractivity contribution in [1.82, 2.24) is 9.55 Å². The first-order valence-corrected chi connectivity index (χ1v) is 12.1. The number of methoxy groups -OCH3 is 1. The summed E-state index contributed by atoms with van der Waals surface area (Å²) in [4.78, 5) is 35.4. The van der Waals surface area contributed by atoms with Crippen LogP contribution in [0.2, 0.25) is 0 Å². The largest absolute Gasteiger partial charge is 0.497 e. The molecule has 1 aliphatic rings. The fraction of sp³-hybridized carbons (Fsp3) is 0.222. The number of esters is 1. The highest BCUT2D eigenvalue weighted by molar-refractivity contribution is 7.07. The molecule has 3 heterocycles. The van der Waals surface area contributed by atoms with E-state index < -0.39 is 12.0 Å². The number of thiazole rings is 1. The second-order valence-corrected chi connectivity index (χ2v) is 9.61. The van der Waals surface area contributed by atoms with E-state index in [0.29, 0.717) is 26.4 Å². The summed E-state index contributed by atoms with van der Waals surface area (Å²) in [6.45, 7) is 5.38. The van der Waals surface area contributed by atoms with E-state index >= 15 is 0 Å². The highest BCUT2D eigenvalue weighted by Crippen LogP contribution is 2.32. The smallest absolute Gasteiger partial charge is 0.338 e. The van der Waals surface area contributed by atoms with Gasteiger partial charge in [-0.1, -0.05) is 41.7 Å². The summed E-state index contributed by atoms with van der Waals surface area (Å²) in [6, 6.07) is 14.6. The average molecular weight is 488 g/mol. The predicted molar refractivity (Wildman–Crippen MR) is 136 cm³/mol. The van der Waals surface area contributed by atoms with Gasteiger partial charge in [0, 0.05) is 22.7 Å². The molecule has 1 aliphatic heterocycles. The fourth-order valence-corrected chi connectivity index (χ4v) is 5.35. The van der Waals surface area contributed by atoms with Crippen molar-refractivity contribution >= 4 is 34.3 Å². The third kappa shape index (κ3) is 4.10. The maximum Gasteiger partial charge on any atom is 0.338 e. The number of para-hydroxylation sites is 1. The van der Waals surface area contributed by atoms with Gasteiger partial charge >= 0.3 is 5.97 Å². The molecule has 0 saturated heterocycles. The number of nitrogens with zero attached hydrogens (tertiary/aromatic N) is 2. The van der Waals surface area contributed by atoms with Crippen LogP contribution in [0.25, 0.3) is 17.0 Å². The molecule has 1 atom stereocenters. The lowest BCUT2D eigenvalue weighted by molar-refractivity contribution is -0.143. The Hall–Kier alpha value is -3.91. The molecule has 4 aromatic rings. The van der Waals surface area contributed by atoms with E-state index in [1.54, 1.807) is 32.4 Å². The Balaban J connectivity index is 1.72. The molecule has 0 aliphatic carbocycles. The third-order valence-corrected chi connectivity index (χ3v) is 6.91. The van der Waals surface area contributed by atoms with Crippen LogP contribution in [0.3, 0.4) is 0 Å². The zero-order valence-corrected chi connectivity index (χ0v) is 20.7. The molecule has 0 amide bonds. The molecule has 2 aromatic carbocycles. The summed E-state index contributed by atoms with van der Waals surface area (Å²) in [6.07, 6.45) is 3.46. The van der Waals surface area contributed by atoms with Crippen molar-refractivity contribution in [1.29, 1.82) is 0 Å².